The van der Waals surface area contributed by atoms with Crippen LogP contribution >= 0.6 is 0 Å². The van der Waals surface area contributed by atoms with Crippen LogP contribution < -0.4 is 0 Å². The van der Waals surface area contributed by atoms with Gasteiger partial charge < -0.3 is 34.4 Å². The van der Waals surface area contributed by atoms with Gasteiger partial charge in [-0.1, -0.05) is 39.8 Å². The van der Waals surface area contributed by atoms with Gasteiger partial charge in [0.15, 0.2) is 0 Å². The summed E-state index contributed by atoms with van der Waals surface area (Å²) in [5, 5.41) is 37.9. The van der Waals surface area contributed by atoms with Crippen molar-refractivity contribution >= 4 is 11.7 Å². The Balaban J connectivity index is 3.30. The van der Waals surface area contributed by atoms with Crippen LogP contribution in [0, 0.1) is 23.7 Å². The van der Waals surface area contributed by atoms with Crippen LogP contribution in [0.1, 0.15) is 74.1 Å². The Morgan fingerprint density at radius 2 is 1.74 bits per heavy atom. The monoisotopic (exact) mass is 489 g/mol. The van der Waals surface area contributed by atoms with Crippen molar-refractivity contribution in [2.24, 2.45) is 28.8 Å². The first kappa shape index (κ1) is 30.8. The van der Waals surface area contributed by atoms with Gasteiger partial charge in [-0.15, -0.1) is 0 Å². The molecule has 1 rings (SSSR count). The van der Waals surface area contributed by atoms with E-state index in [-0.39, 0.29) is 18.6 Å². The molecular weight excluding hydrogens is 442 g/mol. The average molecular weight is 490 g/mol. The zero-order valence-electron chi connectivity index (χ0n) is 22.2. The highest BCUT2D eigenvalue weighted by molar-refractivity contribution is 5.88. The summed E-state index contributed by atoms with van der Waals surface area (Å²) in [6.07, 6.45) is -0.438. The molecule has 1 saturated heterocycles. The maximum atomic E-state index is 12.8. The number of rotatable bonds is 7. The summed E-state index contributed by atoms with van der Waals surface area (Å²) in [6.45, 7) is 13.2. The number of aliphatic hydroxyl groups is 3. The highest BCUT2D eigenvalue weighted by Gasteiger charge is 2.46. The number of methoxy groups -OCH3 is 1. The van der Waals surface area contributed by atoms with Crippen LogP contribution in [0.2, 0.25) is 0 Å². The minimum absolute atomic E-state index is 0.0714. The number of hydrogen-bond donors (Lipinski definition) is 3. The highest BCUT2D eigenvalue weighted by atomic mass is 16.7. The fourth-order valence-corrected chi connectivity index (χ4v) is 5.07. The highest BCUT2D eigenvalue weighted by Crippen LogP contribution is 2.34. The number of carbonyl (C=O) groups excluding carboxylic acids is 1. The van der Waals surface area contributed by atoms with E-state index in [0.717, 1.165) is 0 Å². The van der Waals surface area contributed by atoms with Gasteiger partial charge in [0.2, 0.25) is 6.79 Å². The first-order chi connectivity index (χ1) is 15.8. The smallest absolute Gasteiger partial charge is 0.309 e. The number of aliphatic hydroxyl groups excluding tert-OH is 1. The minimum Gasteiger partial charge on any atom is -0.459 e. The van der Waals surface area contributed by atoms with E-state index >= 15 is 0 Å². The molecule has 0 amide bonds. The predicted octanol–water partition coefficient (Wildman–Crippen LogP) is 2.89. The first-order valence-corrected chi connectivity index (χ1v) is 12.4. The third-order valence-electron chi connectivity index (χ3n) is 6.76. The fraction of sp³-hybridized carbons (Fsp3) is 0.920. The molecule has 9 heteroatoms. The molecule has 0 aromatic carbocycles. The molecular formula is C25H47NO8. The van der Waals surface area contributed by atoms with Gasteiger partial charge in [0, 0.05) is 18.9 Å². The van der Waals surface area contributed by atoms with E-state index in [2.05, 4.69) is 5.16 Å². The molecule has 34 heavy (non-hydrogen) atoms. The van der Waals surface area contributed by atoms with Crippen molar-refractivity contribution in [3.63, 3.8) is 0 Å². The zero-order valence-corrected chi connectivity index (χ0v) is 22.2. The molecule has 0 aromatic heterocycles. The molecule has 0 aromatic rings. The molecule has 200 valence electrons. The van der Waals surface area contributed by atoms with Gasteiger partial charge in [0.25, 0.3) is 0 Å². The summed E-state index contributed by atoms with van der Waals surface area (Å²) in [7, 11) is 1.57. The summed E-state index contributed by atoms with van der Waals surface area (Å²) >= 11 is 0. The first-order valence-electron chi connectivity index (χ1n) is 12.4. The van der Waals surface area contributed by atoms with Gasteiger partial charge in [-0.2, -0.15) is 0 Å². The van der Waals surface area contributed by atoms with Crippen LogP contribution in [-0.2, 0) is 23.8 Å². The number of esters is 1. The number of oxime groups is 1. The van der Waals surface area contributed by atoms with Gasteiger partial charge in [-0.3, -0.25) is 4.79 Å². The number of carbonyl (C=O) groups is 1. The molecule has 1 aliphatic heterocycles. The summed E-state index contributed by atoms with van der Waals surface area (Å²) < 4.78 is 15.9. The van der Waals surface area contributed by atoms with E-state index in [1.807, 2.05) is 13.8 Å². The minimum atomic E-state index is -1.72. The number of hydrogen-bond acceptors (Lipinski definition) is 9. The molecule has 0 radical (unpaired) electrons. The number of nitrogens with zero attached hydrogens (tertiary/aromatic N) is 1. The van der Waals surface area contributed by atoms with Gasteiger partial charge in [0.05, 0.1) is 36.5 Å². The van der Waals surface area contributed by atoms with E-state index in [4.69, 9.17) is 19.0 Å². The van der Waals surface area contributed by atoms with Crippen molar-refractivity contribution < 1.29 is 39.2 Å². The SMILES string of the molecule is CCC1OC(=O)C(C)CC(C)CC(C)(O)CC(C)C(=NOCOCCOC)C(C)C(O)C1(C)O. The van der Waals surface area contributed by atoms with Crippen molar-refractivity contribution in [2.75, 3.05) is 27.1 Å². The van der Waals surface area contributed by atoms with Crippen molar-refractivity contribution in [1.29, 1.82) is 0 Å². The van der Waals surface area contributed by atoms with E-state index in [9.17, 15) is 20.1 Å². The second kappa shape index (κ2) is 13.7. The van der Waals surface area contributed by atoms with Crippen molar-refractivity contribution in [1.82, 2.24) is 0 Å². The van der Waals surface area contributed by atoms with Crippen LogP contribution in [0.5, 0.6) is 0 Å². The lowest BCUT2D eigenvalue weighted by molar-refractivity contribution is -0.186. The van der Waals surface area contributed by atoms with Crippen LogP contribution in [0.4, 0.5) is 0 Å². The van der Waals surface area contributed by atoms with Crippen molar-refractivity contribution in [3.8, 4) is 0 Å². The molecule has 1 heterocycles. The maximum Gasteiger partial charge on any atom is 0.309 e. The Morgan fingerprint density at radius 3 is 2.32 bits per heavy atom. The Bertz CT molecular complexity index is 651. The summed E-state index contributed by atoms with van der Waals surface area (Å²) in [5.41, 5.74) is -2.26. The Kier molecular flexibility index (Phi) is 12.4. The predicted molar refractivity (Wildman–Crippen MR) is 129 cm³/mol. The third-order valence-corrected chi connectivity index (χ3v) is 6.76. The molecule has 8 atom stereocenters. The molecule has 1 aliphatic rings. The zero-order chi connectivity index (χ0) is 26.1. The van der Waals surface area contributed by atoms with E-state index in [1.165, 1.54) is 6.92 Å². The molecule has 9 nitrogen and oxygen atoms in total. The second-order valence-corrected chi connectivity index (χ2v) is 10.5. The molecule has 1 fully saturated rings. The lowest BCUT2D eigenvalue weighted by Gasteiger charge is -2.40. The maximum absolute atomic E-state index is 12.8. The summed E-state index contributed by atoms with van der Waals surface area (Å²) in [6, 6.07) is 0. The van der Waals surface area contributed by atoms with E-state index < -0.39 is 41.2 Å². The van der Waals surface area contributed by atoms with Crippen LogP contribution in [-0.4, -0.2) is 77.5 Å². The molecule has 0 saturated carbocycles. The van der Waals surface area contributed by atoms with Gasteiger partial charge in [0.1, 0.15) is 11.7 Å². The van der Waals surface area contributed by atoms with Crippen LogP contribution in [0.15, 0.2) is 5.16 Å². The fourth-order valence-electron chi connectivity index (χ4n) is 5.07. The second-order valence-electron chi connectivity index (χ2n) is 10.5. The standard InChI is InChI=1S/C25H47NO8/c1-9-20-25(7,30)22(27)19(5)21(26-33-15-32-11-10-31-8)18(4)14-24(6,29)13-16(2)12-17(3)23(28)34-20/h16-20,22,27,29-30H,9-15H2,1-8H3. The largest absolute Gasteiger partial charge is 0.459 e. The molecule has 0 bridgehead atoms. The van der Waals surface area contributed by atoms with Crippen LogP contribution in [0.25, 0.3) is 0 Å². The molecule has 0 aliphatic carbocycles. The number of cyclic esters (lactones) is 1. The van der Waals surface area contributed by atoms with E-state index in [1.54, 1.807) is 34.8 Å². The van der Waals surface area contributed by atoms with Crippen LogP contribution in [0.3, 0.4) is 0 Å². The quantitative estimate of drug-likeness (QED) is 0.216. The van der Waals surface area contributed by atoms with E-state index in [0.29, 0.717) is 44.6 Å². The Labute approximate surface area is 204 Å². The van der Waals surface area contributed by atoms with Crippen molar-refractivity contribution in [3.05, 3.63) is 0 Å². The lowest BCUT2D eigenvalue weighted by Crippen LogP contribution is -2.56. The molecule has 8 unspecified atom stereocenters. The lowest BCUT2D eigenvalue weighted by atomic mass is 9.75. The third kappa shape index (κ3) is 9.07. The number of ether oxygens (including phenoxy) is 3. The molecule has 3 N–H and O–H groups in total. The average Bonchev–Trinajstić information content (AvgIpc) is 2.73. The Hall–Kier alpha value is -1.26. The summed E-state index contributed by atoms with van der Waals surface area (Å²) in [5.74, 6) is -1.65. The Morgan fingerprint density at radius 1 is 1.09 bits per heavy atom. The summed E-state index contributed by atoms with van der Waals surface area (Å²) in [4.78, 5) is 18.1. The van der Waals surface area contributed by atoms with Gasteiger partial charge >= 0.3 is 5.97 Å². The van der Waals surface area contributed by atoms with Crippen molar-refractivity contribution in [2.45, 2.75) is 97.6 Å². The van der Waals surface area contributed by atoms with Gasteiger partial charge in [-0.05, 0) is 45.4 Å². The molecule has 0 spiro atoms. The van der Waals surface area contributed by atoms with Gasteiger partial charge in [-0.25, -0.2) is 0 Å². The normalized spacial score (nSPS) is 40.0. The topological polar surface area (TPSA) is 127 Å².